The summed E-state index contributed by atoms with van der Waals surface area (Å²) in [6, 6.07) is 2.27. The van der Waals surface area contributed by atoms with Crippen molar-refractivity contribution in [3.05, 3.63) is 39.7 Å². The molecule has 0 spiro atoms. The minimum absolute atomic E-state index is 0.204. The van der Waals surface area contributed by atoms with Crippen molar-refractivity contribution < 1.29 is 4.42 Å². The molecule has 0 saturated heterocycles. The number of furan rings is 1. The Bertz CT molecular complexity index is 474. The van der Waals surface area contributed by atoms with Gasteiger partial charge in [0.25, 0.3) is 0 Å². The zero-order valence-corrected chi connectivity index (χ0v) is 9.30. The normalized spacial score (nSPS) is 20.2. The minimum Gasteiger partial charge on any atom is -0.467 e. The van der Waals surface area contributed by atoms with E-state index in [1.54, 1.807) is 17.6 Å². The van der Waals surface area contributed by atoms with Gasteiger partial charge in [0.2, 0.25) is 0 Å². The zero-order valence-electron chi connectivity index (χ0n) is 8.49. The number of hydrogen-bond donors (Lipinski definition) is 1. The fourth-order valence-electron chi connectivity index (χ4n) is 1.99. The Balaban J connectivity index is 2.02. The predicted molar refractivity (Wildman–Crippen MR) is 59.1 cm³/mol. The van der Waals surface area contributed by atoms with Gasteiger partial charge in [-0.2, -0.15) is 0 Å². The summed E-state index contributed by atoms with van der Waals surface area (Å²) in [5.74, 6) is 1.06. The molecule has 78 valence electrons. The van der Waals surface area contributed by atoms with Gasteiger partial charge in [-0.3, -0.25) is 0 Å². The molecule has 0 amide bonds. The van der Waals surface area contributed by atoms with Gasteiger partial charge in [-0.15, -0.1) is 11.3 Å². The van der Waals surface area contributed by atoms with Gasteiger partial charge in [-0.05, 0) is 25.0 Å². The Morgan fingerprint density at radius 3 is 3.33 bits per heavy atom. The minimum atomic E-state index is 0.204. The quantitative estimate of drug-likeness (QED) is 0.801. The second kappa shape index (κ2) is 3.47. The fourth-order valence-corrected chi connectivity index (χ4v) is 2.85. The highest BCUT2D eigenvalue weighted by Crippen LogP contribution is 2.32. The molecule has 0 fully saturated rings. The Labute approximate surface area is 92.1 Å². The van der Waals surface area contributed by atoms with Gasteiger partial charge < -0.3 is 9.73 Å². The smallest absolute Gasteiger partial charge is 0.129 e. The van der Waals surface area contributed by atoms with Gasteiger partial charge in [0.05, 0.1) is 11.3 Å². The molecule has 1 atom stereocenters. The van der Waals surface area contributed by atoms with Crippen LogP contribution in [-0.4, -0.2) is 11.5 Å². The number of nitrogens with zero attached hydrogens (tertiary/aromatic N) is 1. The van der Waals surface area contributed by atoms with Crippen molar-refractivity contribution in [1.29, 1.82) is 0 Å². The summed E-state index contributed by atoms with van der Waals surface area (Å²) in [7, 11) is 0. The molecule has 1 aliphatic heterocycles. The summed E-state index contributed by atoms with van der Waals surface area (Å²) in [5, 5.41) is 4.57. The van der Waals surface area contributed by atoms with E-state index in [4.69, 9.17) is 4.42 Å². The SMILES string of the molecule is Cc1ncc(C2NCCc3ccoc32)s1. The first-order valence-electron chi connectivity index (χ1n) is 5.06. The Hall–Kier alpha value is -1.13. The molecule has 15 heavy (non-hydrogen) atoms. The molecule has 0 bridgehead atoms. The van der Waals surface area contributed by atoms with Crippen LogP contribution in [0, 0.1) is 6.92 Å². The average molecular weight is 220 g/mol. The van der Waals surface area contributed by atoms with Gasteiger partial charge in [0, 0.05) is 17.6 Å². The number of nitrogens with one attached hydrogen (secondary N) is 1. The van der Waals surface area contributed by atoms with Crippen LogP contribution in [0.25, 0.3) is 0 Å². The monoisotopic (exact) mass is 220 g/mol. The van der Waals surface area contributed by atoms with Crippen LogP contribution < -0.4 is 5.32 Å². The summed E-state index contributed by atoms with van der Waals surface area (Å²) in [4.78, 5) is 5.53. The number of rotatable bonds is 1. The number of hydrogen-bond acceptors (Lipinski definition) is 4. The summed E-state index contributed by atoms with van der Waals surface area (Å²) in [6.45, 7) is 3.04. The van der Waals surface area contributed by atoms with Gasteiger partial charge in [-0.25, -0.2) is 4.98 Å². The number of aromatic nitrogens is 1. The molecule has 3 rings (SSSR count). The van der Waals surface area contributed by atoms with Crippen molar-refractivity contribution in [1.82, 2.24) is 10.3 Å². The average Bonchev–Trinajstić information content (AvgIpc) is 2.84. The van der Waals surface area contributed by atoms with Crippen LogP contribution in [0.4, 0.5) is 0 Å². The van der Waals surface area contributed by atoms with Crippen molar-refractivity contribution in [2.24, 2.45) is 0 Å². The van der Waals surface area contributed by atoms with E-state index in [0.717, 1.165) is 23.7 Å². The van der Waals surface area contributed by atoms with Gasteiger partial charge in [0.15, 0.2) is 0 Å². The fraction of sp³-hybridized carbons (Fsp3) is 0.364. The molecule has 3 heterocycles. The number of aryl methyl sites for hydroxylation is 1. The van der Waals surface area contributed by atoms with Gasteiger partial charge >= 0.3 is 0 Å². The molecule has 0 radical (unpaired) electrons. The second-order valence-corrected chi connectivity index (χ2v) is 5.00. The van der Waals surface area contributed by atoms with Crippen LogP contribution in [-0.2, 0) is 6.42 Å². The molecule has 3 nitrogen and oxygen atoms in total. The summed E-state index contributed by atoms with van der Waals surface area (Å²) < 4.78 is 5.55. The second-order valence-electron chi connectivity index (χ2n) is 3.73. The molecule has 2 aromatic rings. The van der Waals surface area contributed by atoms with Gasteiger partial charge in [-0.1, -0.05) is 0 Å². The van der Waals surface area contributed by atoms with Crippen LogP contribution in [0.15, 0.2) is 22.9 Å². The van der Waals surface area contributed by atoms with E-state index in [1.165, 1.54) is 10.4 Å². The van der Waals surface area contributed by atoms with Gasteiger partial charge in [0.1, 0.15) is 11.8 Å². The first-order valence-corrected chi connectivity index (χ1v) is 5.88. The van der Waals surface area contributed by atoms with Crippen molar-refractivity contribution in [2.45, 2.75) is 19.4 Å². The topological polar surface area (TPSA) is 38.1 Å². The highest BCUT2D eigenvalue weighted by molar-refractivity contribution is 7.11. The van der Waals surface area contributed by atoms with Crippen molar-refractivity contribution in [3.63, 3.8) is 0 Å². The maximum absolute atomic E-state index is 5.55. The van der Waals surface area contributed by atoms with Crippen LogP contribution in [0.3, 0.4) is 0 Å². The third-order valence-corrected chi connectivity index (χ3v) is 3.69. The Morgan fingerprint density at radius 2 is 2.53 bits per heavy atom. The maximum atomic E-state index is 5.55. The first-order chi connectivity index (χ1) is 7.34. The highest BCUT2D eigenvalue weighted by Gasteiger charge is 2.25. The van der Waals surface area contributed by atoms with Crippen molar-refractivity contribution >= 4 is 11.3 Å². The molecule has 1 unspecified atom stereocenters. The summed E-state index contributed by atoms with van der Waals surface area (Å²) in [5.41, 5.74) is 1.32. The third kappa shape index (κ3) is 1.50. The number of thiazole rings is 1. The molecule has 4 heteroatoms. The van der Waals surface area contributed by atoms with Crippen molar-refractivity contribution in [3.8, 4) is 0 Å². The molecule has 1 N–H and O–H groups in total. The first kappa shape index (κ1) is 9.12. The zero-order chi connectivity index (χ0) is 10.3. The van der Waals surface area contributed by atoms with Crippen LogP contribution in [0.5, 0.6) is 0 Å². The van der Waals surface area contributed by atoms with E-state index < -0.39 is 0 Å². The highest BCUT2D eigenvalue weighted by atomic mass is 32.1. The van der Waals surface area contributed by atoms with Crippen molar-refractivity contribution in [2.75, 3.05) is 6.54 Å². The van der Waals surface area contributed by atoms with Crippen LogP contribution in [0.2, 0.25) is 0 Å². The lowest BCUT2D eigenvalue weighted by molar-refractivity contribution is 0.428. The summed E-state index contributed by atoms with van der Waals surface area (Å²) >= 11 is 1.73. The van der Waals surface area contributed by atoms with Crippen LogP contribution >= 0.6 is 11.3 Å². The lowest BCUT2D eigenvalue weighted by Crippen LogP contribution is -2.29. The number of fused-ring (bicyclic) bond motifs is 1. The van der Waals surface area contributed by atoms with E-state index in [0.29, 0.717) is 0 Å². The molecule has 0 saturated carbocycles. The maximum Gasteiger partial charge on any atom is 0.129 e. The van der Waals surface area contributed by atoms with E-state index in [2.05, 4.69) is 16.4 Å². The molecule has 0 aromatic carbocycles. The predicted octanol–water partition coefficient (Wildman–Crippen LogP) is 2.28. The van der Waals surface area contributed by atoms with E-state index in [-0.39, 0.29) is 6.04 Å². The molecule has 2 aromatic heterocycles. The molecular formula is C11H12N2OS. The standard InChI is InChI=1S/C11H12N2OS/c1-7-13-6-9(15-7)10-11-8(2-4-12-10)3-5-14-11/h3,5-6,10,12H,2,4H2,1H3. The lowest BCUT2D eigenvalue weighted by atomic mass is 10.0. The van der Waals surface area contributed by atoms with E-state index in [1.807, 2.05) is 13.1 Å². The Morgan fingerprint density at radius 1 is 1.60 bits per heavy atom. The van der Waals surface area contributed by atoms with Crippen LogP contribution in [0.1, 0.15) is 27.3 Å². The lowest BCUT2D eigenvalue weighted by Gasteiger charge is -2.21. The molecule has 1 aliphatic rings. The third-order valence-electron chi connectivity index (χ3n) is 2.71. The molecular weight excluding hydrogens is 208 g/mol. The largest absolute Gasteiger partial charge is 0.467 e. The Kier molecular flexibility index (Phi) is 2.11. The molecule has 0 aliphatic carbocycles. The van der Waals surface area contributed by atoms with E-state index >= 15 is 0 Å². The van der Waals surface area contributed by atoms with E-state index in [9.17, 15) is 0 Å². The summed E-state index contributed by atoms with van der Waals surface area (Å²) in [6.07, 6.45) is 4.77.